The minimum Gasteiger partial charge on any atom is -0.444 e. The van der Waals surface area contributed by atoms with Crippen LogP contribution >= 0.6 is 0 Å². The molecule has 2 aliphatic heterocycles. The molecule has 3 unspecified atom stereocenters. The highest BCUT2D eigenvalue weighted by Gasteiger charge is 2.54. The van der Waals surface area contributed by atoms with Crippen molar-refractivity contribution in [3.05, 3.63) is 12.7 Å². The number of nitrogens with zero attached hydrogens (tertiary/aromatic N) is 3. The molecule has 29 heavy (non-hydrogen) atoms. The zero-order chi connectivity index (χ0) is 22.1. The van der Waals surface area contributed by atoms with Crippen LogP contribution in [0.3, 0.4) is 0 Å². The minimum atomic E-state index is -0.854. The molecule has 2 fully saturated rings. The standard InChI is InChI=1S/C20H32N4O5/c1-8-13-17(22(9-2)19(28)29-20(5,6)7)24(18(27)23(13)12(3)4)14-10-11-15(25)21-16(14)26/h8,12-14,17H,1,9-11H2,2-7H3,(H,21,25,26). The Hall–Kier alpha value is -2.58. The zero-order valence-corrected chi connectivity index (χ0v) is 18.1. The van der Waals surface area contributed by atoms with E-state index in [1.807, 2.05) is 13.8 Å². The van der Waals surface area contributed by atoms with Gasteiger partial charge in [0.15, 0.2) is 0 Å². The lowest BCUT2D eigenvalue weighted by atomic mass is 10.0. The number of amides is 5. The monoisotopic (exact) mass is 408 g/mol. The van der Waals surface area contributed by atoms with E-state index in [-0.39, 0.29) is 37.4 Å². The first-order valence-corrected chi connectivity index (χ1v) is 9.99. The zero-order valence-electron chi connectivity index (χ0n) is 18.1. The van der Waals surface area contributed by atoms with Crippen LogP contribution < -0.4 is 5.32 Å². The number of ether oxygens (including phenoxy) is 1. The molecule has 0 aromatic rings. The lowest BCUT2D eigenvalue weighted by Gasteiger charge is -2.40. The highest BCUT2D eigenvalue weighted by atomic mass is 16.6. The Kier molecular flexibility index (Phi) is 6.60. The molecular formula is C20H32N4O5. The second-order valence-corrected chi connectivity index (χ2v) is 8.56. The number of nitrogens with one attached hydrogen (secondary N) is 1. The molecule has 9 heteroatoms. The molecule has 0 aromatic carbocycles. The quantitative estimate of drug-likeness (QED) is 0.555. The maximum absolute atomic E-state index is 13.3. The average Bonchev–Trinajstić information content (AvgIpc) is 2.86. The fraction of sp³-hybridized carbons (Fsp3) is 0.700. The molecule has 1 N–H and O–H groups in total. The van der Waals surface area contributed by atoms with Crippen LogP contribution in [0.1, 0.15) is 54.4 Å². The largest absolute Gasteiger partial charge is 0.444 e. The predicted octanol–water partition coefficient (Wildman–Crippen LogP) is 2.08. The van der Waals surface area contributed by atoms with Crippen LogP contribution in [0.2, 0.25) is 0 Å². The minimum absolute atomic E-state index is 0.131. The van der Waals surface area contributed by atoms with Crippen molar-refractivity contribution < 1.29 is 23.9 Å². The predicted molar refractivity (Wildman–Crippen MR) is 107 cm³/mol. The van der Waals surface area contributed by atoms with Gasteiger partial charge in [0, 0.05) is 19.0 Å². The Morgan fingerprint density at radius 2 is 1.97 bits per heavy atom. The summed E-state index contributed by atoms with van der Waals surface area (Å²) in [5.41, 5.74) is -0.714. The van der Waals surface area contributed by atoms with E-state index in [0.717, 1.165) is 0 Å². The smallest absolute Gasteiger partial charge is 0.412 e. The molecule has 2 heterocycles. The van der Waals surface area contributed by atoms with Gasteiger partial charge in [0.2, 0.25) is 11.8 Å². The van der Waals surface area contributed by atoms with Gasteiger partial charge in [-0.3, -0.25) is 24.7 Å². The van der Waals surface area contributed by atoms with Crippen molar-refractivity contribution in [2.24, 2.45) is 0 Å². The lowest BCUT2D eigenvalue weighted by molar-refractivity contribution is -0.138. The van der Waals surface area contributed by atoms with E-state index in [2.05, 4.69) is 11.9 Å². The Bertz CT molecular complexity index is 699. The summed E-state index contributed by atoms with van der Waals surface area (Å²) < 4.78 is 5.55. The maximum Gasteiger partial charge on any atom is 0.412 e. The number of rotatable bonds is 5. The van der Waals surface area contributed by atoms with Crippen molar-refractivity contribution in [2.75, 3.05) is 6.54 Å². The van der Waals surface area contributed by atoms with E-state index in [4.69, 9.17) is 4.74 Å². The van der Waals surface area contributed by atoms with Crippen molar-refractivity contribution in [1.82, 2.24) is 20.0 Å². The highest BCUT2D eigenvalue weighted by molar-refractivity contribution is 6.02. The molecule has 9 nitrogen and oxygen atoms in total. The van der Waals surface area contributed by atoms with E-state index in [1.54, 1.807) is 38.7 Å². The fourth-order valence-corrected chi connectivity index (χ4v) is 3.83. The number of carbonyl (C=O) groups is 4. The maximum atomic E-state index is 13.3. The third kappa shape index (κ3) is 4.54. The third-order valence-electron chi connectivity index (χ3n) is 4.99. The van der Waals surface area contributed by atoms with Crippen molar-refractivity contribution >= 4 is 23.9 Å². The Morgan fingerprint density at radius 1 is 1.34 bits per heavy atom. The normalized spacial score (nSPS) is 25.3. The van der Waals surface area contributed by atoms with Crippen molar-refractivity contribution in [3.8, 4) is 0 Å². The van der Waals surface area contributed by atoms with Gasteiger partial charge in [-0.2, -0.15) is 0 Å². The van der Waals surface area contributed by atoms with Crippen molar-refractivity contribution in [1.29, 1.82) is 0 Å². The van der Waals surface area contributed by atoms with Gasteiger partial charge in [-0.1, -0.05) is 6.08 Å². The summed E-state index contributed by atoms with van der Waals surface area (Å²) in [7, 11) is 0. The summed E-state index contributed by atoms with van der Waals surface area (Å²) in [6.07, 6.45) is 0.598. The van der Waals surface area contributed by atoms with Crippen LogP contribution in [0.5, 0.6) is 0 Å². The van der Waals surface area contributed by atoms with Crippen LogP contribution in [0, 0.1) is 0 Å². The molecule has 0 aromatic heterocycles. The molecule has 2 rings (SSSR count). The molecule has 2 saturated heterocycles. The van der Waals surface area contributed by atoms with Gasteiger partial charge in [-0.05, 0) is 48.0 Å². The van der Waals surface area contributed by atoms with Gasteiger partial charge >= 0.3 is 12.1 Å². The SMILES string of the molecule is C=CC1C(N(CC)C(=O)OC(C)(C)C)N(C2CCC(=O)NC2=O)C(=O)N1C(C)C. The molecule has 0 bridgehead atoms. The molecule has 0 radical (unpaired) electrons. The number of urea groups is 1. The topological polar surface area (TPSA) is 99.3 Å². The summed E-state index contributed by atoms with van der Waals surface area (Å²) in [6.45, 7) is 15.0. The number of carbonyl (C=O) groups excluding carboxylic acids is 4. The van der Waals surface area contributed by atoms with E-state index < -0.39 is 35.9 Å². The first kappa shape index (κ1) is 22.7. The summed E-state index contributed by atoms with van der Waals surface area (Å²) in [4.78, 5) is 54.9. The highest BCUT2D eigenvalue weighted by Crippen LogP contribution is 2.33. The Morgan fingerprint density at radius 3 is 2.41 bits per heavy atom. The lowest BCUT2D eigenvalue weighted by Crippen LogP contribution is -2.61. The van der Waals surface area contributed by atoms with E-state index >= 15 is 0 Å². The summed E-state index contributed by atoms with van der Waals surface area (Å²) in [5, 5.41) is 2.30. The fourth-order valence-electron chi connectivity index (χ4n) is 3.83. The molecule has 3 atom stereocenters. The Balaban J connectivity index is 2.50. The first-order chi connectivity index (χ1) is 13.4. The van der Waals surface area contributed by atoms with Gasteiger partial charge in [0.05, 0.1) is 6.04 Å². The average molecular weight is 408 g/mol. The van der Waals surface area contributed by atoms with Crippen LogP contribution in [-0.2, 0) is 14.3 Å². The van der Waals surface area contributed by atoms with Crippen molar-refractivity contribution in [3.63, 3.8) is 0 Å². The van der Waals surface area contributed by atoms with Crippen LogP contribution in [0.15, 0.2) is 12.7 Å². The molecule has 0 aliphatic carbocycles. The molecule has 0 spiro atoms. The molecular weight excluding hydrogens is 376 g/mol. The first-order valence-electron chi connectivity index (χ1n) is 9.99. The molecule has 2 aliphatic rings. The number of likely N-dealkylation sites (N-methyl/N-ethyl adjacent to an activating group) is 1. The third-order valence-corrected chi connectivity index (χ3v) is 4.99. The van der Waals surface area contributed by atoms with E-state index in [0.29, 0.717) is 0 Å². The van der Waals surface area contributed by atoms with Gasteiger partial charge < -0.3 is 9.64 Å². The van der Waals surface area contributed by atoms with Gasteiger partial charge in [-0.15, -0.1) is 6.58 Å². The second-order valence-electron chi connectivity index (χ2n) is 8.56. The molecule has 0 saturated carbocycles. The number of piperidine rings is 1. The van der Waals surface area contributed by atoms with Crippen molar-refractivity contribution in [2.45, 2.75) is 84.3 Å². The van der Waals surface area contributed by atoms with Crippen LogP contribution in [0.4, 0.5) is 9.59 Å². The number of imide groups is 1. The van der Waals surface area contributed by atoms with Gasteiger partial charge in [-0.25, -0.2) is 9.59 Å². The van der Waals surface area contributed by atoms with E-state index in [1.165, 1.54) is 9.80 Å². The van der Waals surface area contributed by atoms with Gasteiger partial charge in [0.25, 0.3) is 0 Å². The van der Waals surface area contributed by atoms with Crippen LogP contribution in [0.25, 0.3) is 0 Å². The summed E-state index contributed by atoms with van der Waals surface area (Å²) in [6, 6.07) is -1.93. The van der Waals surface area contributed by atoms with E-state index in [9.17, 15) is 19.2 Å². The van der Waals surface area contributed by atoms with Gasteiger partial charge in [0.1, 0.15) is 17.8 Å². The van der Waals surface area contributed by atoms with Crippen LogP contribution in [-0.4, -0.2) is 75.1 Å². The second kappa shape index (κ2) is 8.42. The Labute approximate surface area is 172 Å². The summed E-state index contributed by atoms with van der Waals surface area (Å²) in [5.74, 6) is -0.900. The number of hydrogen-bond acceptors (Lipinski definition) is 5. The number of hydrogen-bond donors (Lipinski definition) is 1. The summed E-state index contributed by atoms with van der Waals surface area (Å²) >= 11 is 0. The molecule has 5 amide bonds. The molecule has 162 valence electrons.